The van der Waals surface area contributed by atoms with Crippen molar-refractivity contribution >= 4 is 26.8 Å². The minimum atomic E-state index is -3.73. The summed E-state index contributed by atoms with van der Waals surface area (Å²) in [6, 6.07) is 3.04. The Kier molecular flexibility index (Phi) is 3.90. The Morgan fingerprint density at radius 2 is 2.25 bits per heavy atom. The number of aromatic amines is 1. The number of hydrogen-bond donors (Lipinski definition) is 1. The molecule has 4 rings (SSSR count). The molecule has 0 aromatic carbocycles. The summed E-state index contributed by atoms with van der Waals surface area (Å²) in [4.78, 5) is 19.4. The molecule has 1 aliphatic heterocycles. The molecule has 0 bridgehead atoms. The monoisotopic (exact) mass is 349 g/mol. The number of Topliss-reactive ketones (excluding diaryl/α,β-unsaturated/α-hetero) is 1. The summed E-state index contributed by atoms with van der Waals surface area (Å²) in [7, 11) is -3.73. The fourth-order valence-corrected chi connectivity index (χ4v) is 5.53. The Hall–Kier alpha value is -1.77. The van der Waals surface area contributed by atoms with Gasteiger partial charge in [-0.2, -0.15) is 4.31 Å². The van der Waals surface area contributed by atoms with Gasteiger partial charge >= 0.3 is 0 Å². The van der Waals surface area contributed by atoms with E-state index in [1.165, 1.54) is 10.5 Å². The molecule has 2 atom stereocenters. The van der Waals surface area contributed by atoms with Gasteiger partial charge in [0.1, 0.15) is 16.3 Å². The second kappa shape index (κ2) is 5.94. The molecule has 3 heterocycles. The number of nitrogens with one attached hydrogen (secondary N) is 1. The average Bonchev–Trinajstić information content (AvgIpc) is 3.21. The van der Waals surface area contributed by atoms with E-state index in [2.05, 4.69) is 9.97 Å². The third kappa shape index (κ3) is 2.45. The zero-order valence-corrected chi connectivity index (χ0v) is 14.0. The molecule has 0 amide bonds. The molecule has 0 radical (unpaired) electrons. The van der Waals surface area contributed by atoms with Crippen LogP contribution in [0.5, 0.6) is 0 Å². The number of hydrogen-bond acceptors (Lipinski definition) is 5. The van der Waals surface area contributed by atoms with E-state index in [-0.39, 0.29) is 29.7 Å². The van der Waals surface area contributed by atoms with Crippen LogP contribution in [0.4, 0.5) is 0 Å². The van der Waals surface area contributed by atoms with Crippen LogP contribution in [-0.2, 0) is 19.6 Å². The predicted molar refractivity (Wildman–Crippen MR) is 86.9 cm³/mol. The van der Waals surface area contributed by atoms with Gasteiger partial charge in [-0.25, -0.2) is 13.4 Å². The first kappa shape index (κ1) is 15.7. The second-order valence-electron chi connectivity index (χ2n) is 6.28. The van der Waals surface area contributed by atoms with Gasteiger partial charge in [0.2, 0.25) is 10.0 Å². The number of ether oxygens (including phenoxy) is 1. The smallest absolute Gasteiger partial charge is 0.245 e. The maximum absolute atomic E-state index is 13.2. The lowest BCUT2D eigenvalue weighted by molar-refractivity contribution is -0.123. The molecule has 2 aromatic heterocycles. The van der Waals surface area contributed by atoms with Gasteiger partial charge in [-0.3, -0.25) is 4.79 Å². The number of aromatic nitrogens is 2. The zero-order valence-electron chi connectivity index (χ0n) is 13.1. The van der Waals surface area contributed by atoms with Gasteiger partial charge < -0.3 is 9.72 Å². The fraction of sp³-hybridized carbons (Fsp3) is 0.500. The molecule has 2 aromatic rings. The highest BCUT2D eigenvalue weighted by atomic mass is 32.2. The van der Waals surface area contributed by atoms with Crippen LogP contribution in [0.3, 0.4) is 0 Å². The third-order valence-corrected chi connectivity index (χ3v) is 6.90. The molecule has 2 fully saturated rings. The van der Waals surface area contributed by atoms with Crippen molar-refractivity contribution < 1.29 is 17.9 Å². The summed E-state index contributed by atoms with van der Waals surface area (Å²) in [5.41, 5.74) is 0.540. The highest BCUT2D eigenvalue weighted by molar-refractivity contribution is 7.89. The molecule has 7 nitrogen and oxygen atoms in total. The summed E-state index contributed by atoms with van der Waals surface area (Å²) in [6.45, 7) is 0.886. The molecular weight excluding hydrogens is 330 g/mol. The predicted octanol–water partition coefficient (Wildman–Crippen LogP) is 1.32. The number of fused-ring (bicyclic) bond motifs is 1. The van der Waals surface area contributed by atoms with Crippen molar-refractivity contribution in [3.63, 3.8) is 0 Å². The van der Waals surface area contributed by atoms with Gasteiger partial charge in [0, 0.05) is 36.7 Å². The molecule has 2 unspecified atom stereocenters. The van der Waals surface area contributed by atoms with E-state index >= 15 is 0 Å². The van der Waals surface area contributed by atoms with Gasteiger partial charge in [0.25, 0.3) is 0 Å². The Balaban J connectivity index is 1.75. The summed E-state index contributed by atoms with van der Waals surface area (Å²) in [5.74, 6) is -0.116. The molecule has 1 aliphatic carbocycles. The number of morpholine rings is 1. The van der Waals surface area contributed by atoms with E-state index in [1.54, 1.807) is 18.3 Å². The largest absolute Gasteiger partial charge is 0.378 e. The van der Waals surface area contributed by atoms with Crippen LogP contribution in [-0.4, -0.2) is 54.3 Å². The number of sulfonamides is 1. The molecule has 24 heavy (non-hydrogen) atoms. The van der Waals surface area contributed by atoms with E-state index in [0.717, 1.165) is 12.8 Å². The highest BCUT2D eigenvalue weighted by Gasteiger charge is 2.43. The first-order valence-electron chi connectivity index (χ1n) is 8.13. The van der Waals surface area contributed by atoms with Crippen LogP contribution in [0.2, 0.25) is 0 Å². The molecule has 128 valence electrons. The van der Waals surface area contributed by atoms with Crippen LogP contribution in [0, 0.1) is 5.92 Å². The minimum Gasteiger partial charge on any atom is -0.378 e. The van der Waals surface area contributed by atoms with E-state index in [0.29, 0.717) is 24.1 Å². The lowest BCUT2D eigenvalue weighted by Gasteiger charge is -2.37. The van der Waals surface area contributed by atoms with Gasteiger partial charge in [0.05, 0.1) is 19.3 Å². The highest BCUT2D eigenvalue weighted by Crippen LogP contribution is 2.33. The molecule has 0 spiro atoms. The van der Waals surface area contributed by atoms with Crippen LogP contribution in [0.25, 0.3) is 11.0 Å². The Labute approximate surface area is 140 Å². The van der Waals surface area contributed by atoms with Gasteiger partial charge in [-0.15, -0.1) is 0 Å². The first-order valence-corrected chi connectivity index (χ1v) is 9.57. The maximum atomic E-state index is 13.2. The summed E-state index contributed by atoms with van der Waals surface area (Å²) in [6.07, 6.45) is 5.19. The summed E-state index contributed by atoms with van der Waals surface area (Å²) < 4.78 is 33.4. The lowest BCUT2D eigenvalue weighted by Crippen LogP contribution is -2.52. The number of carbonyl (C=O) groups is 1. The minimum absolute atomic E-state index is 0.145. The zero-order chi connectivity index (χ0) is 16.7. The summed E-state index contributed by atoms with van der Waals surface area (Å²) in [5, 5.41) is 0.570. The molecule has 8 heteroatoms. The molecule has 2 aliphatic rings. The standard InChI is InChI=1S/C16H19N3O4S/c20-14-5-1-3-11(14)13-10-23-8-7-19(13)24(21,22)15-9-18-16-12(15)4-2-6-17-16/h2,4,6,9,11,13H,1,3,5,7-8,10H2,(H,17,18). The van der Waals surface area contributed by atoms with Crippen LogP contribution in [0.15, 0.2) is 29.4 Å². The number of H-pyrrole nitrogens is 1. The number of ketones is 1. The first-order chi connectivity index (χ1) is 11.6. The van der Waals surface area contributed by atoms with Gasteiger partial charge in [-0.1, -0.05) is 0 Å². The Bertz CT molecular complexity index is 876. The maximum Gasteiger partial charge on any atom is 0.245 e. The fourth-order valence-electron chi connectivity index (χ4n) is 3.74. The lowest BCUT2D eigenvalue weighted by atomic mass is 9.97. The van der Waals surface area contributed by atoms with Gasteiger partial charge in [-0.05, 0) is 25.0 Å². The van der Waals surface area contributed by atoms with Crippen LogP contribution < -0.4 is 0 Å². The van der Waals surface area contributed by atoms with Crippen molar-refractivity contribution in [2.75, 3.05) is 19.8 Å². The van der Waals surface area contributed by atoms with Crippen molar-refractivity contribution in [2.45, 2.75) is 30.2 Å². The SMILES string of the molecule is O=C1CCCC1C1COCCN1S(=O)(=O)c1c[nH]c2ncccc12. The Morgan fingerprint density at radius 1 is 1.38 bits per heavy atom. The van der Waals surface area contributed by atoms with E-state index < -0.39 is 16.1 Å². The number of rotatable bonds is 3. The van der Waals surface area contributed by atoms with E-state index in [4.69, 9.17) is 4.74 Å². The normalized spacial score (nSPS) is 26.2. The van der Waals surface area contributed by atoms with Crippen molar-refractivity contribution in [1.29, 1.82) is 0 Å². The third-order valence-electron chi connectivity index (χ3n) is 4.93. The Morgan fingerprint density at radius 3 is 3.04 bits per heavy atom. The summed E-state index contributed by atoms with van der Waals surface area (Å²) >= 11 is 0. The topological polar surface area (TPSA) is 92.4 Å². The van der Waals surface area contributed by atoms with Crippen molar-refractivity contribution in [1.82, 2.24) is 14.3 Å². The average molecular weight is 349 g/mol. The van der Waals surface area contributed by atoms with Crippen LogP contribution in [0.1, 0.15) is 19.3 Å². The molecule has 1 saturated carbocycles. The van der Waals surface area contributed by atoms with E-state index in [9.17, 15) is 13.2 Å². The number of pyridine rings is 1. The molecule has 1 saturated heterocycles. The second-order valence-corrected chi connectivity index (χ2v) is 8.13. The van der Waals surface area contributed by atoms with Crippen molar-refractivity contribution in [2.24, 2.45) is 5.92 Å². The number of carbonyl (C=O) groups excluding carboxylic acids is 1. The molecular formula is C16H19N3O4S. The number of nitrogens with zero attached hydrogens (tertiary/aromatic N) is 2. The van der Waals surface area contributed by atoms with Crippen molar-refractivity contribution in [3.05, 3.63) is 24.5 Å². The van der Waals surface area contributed by atoms with Gasteiger partial charge in [0.15, 0.2) is 0 Å². The van der Waals surface area contributed by atoms with Crippen molar-refractivity contribution in [3.8, 4) is 0 Å². The van der Waals surface area contributed by atoms with E-state index in [1.807, 2.05) is 0 Å². The van der Waals surface area contributed by atoms with Crippen LogP contribution >= 0.6 is 0 Å². The molecule has 1 N–H and O–H groups in total. The quantitative estimate of drug-likeness (QED) is 0.902.